The number of carbonyl (C=O) groups is 2. The lowest BCUT2D eigenvalue weighted by molar-refractivity contribution is -0.138. The fourth-order valence-corrected chi connectivity index (χ4v) is 2.85. The molecule has 0 spiro atoms. The Morgan fingerprint density at radius 2 is 1.55 bits per heavy atom. The number of hydrogen-bond donors (Lipinski definition) is 0. The molecule has 1 heterocycles. The van der Waals surface area contributed by atoms with E-state index in [1.165, 1.54) is 6.08 Å². The minimum atomic E-state index is -0.507. The Bertz CT molecular complexity index is 1010. The summed E-state index contributed by atoms with van der Waals surface area (Å²) in [5.41, 5.74) is 4.01. The van der Waals surface area contributed by atoms with Gasteiger partial charge in [-0.3, -0.25) is 0 Å². The first-order valence-corrected chi connectivity index (χ1v) is 9.25. The molecular weight excluding hydrogens is 368 g/mol. The van der Waals surface area contributed by atoms with Crippen molar-refractivity contribution in [3.8, 4) is 5.69 Å². The highest BCUT2D eigenvalue weighted by molar-refractivity contribution is 5.89. The van der Waals surface area contributed by atoms with Gasteiger partial charge < -0.3 is 9.47 Å². The Balaban J connectivity index is 1.52. The van der Waals surface area contributed by atoms with Gasteiger partial charge in [-0.15, -0.1) is 0 Å². The molecular formula is C23H22N2O4. The molecule has 2 aromatic carbocycles. The summed E-state index contributed by atoms with van der Waals surface area (Å²) in [5, 5.41) is 4.54. The van der Waals surface area contributed by atoms with Gasteiger partial charge in [-0.2, -0.15) is 5.10 Å². The van der Waals surface area contributed by atoms with Crippen molar-refractivity contribution in [1.82, 2.24) is 9.78 Å². The topological polar surface area (TPSA) is 70.4 Å². The van der Waals surface area contributed by atoms with Gasteiger partial charge in [0.15, 0.2) is 0 Å². The monoisotopic (exact) mass is 390 g/mol. The van der Waals surface area contributed by atoms with Gasteiger partial charge in [-0.25, -0.2) is 14.3 Å². The maximum atomic E-state index is 12.0. The van der Waals surface area contributed by atoms with Crippen LogP contribution in [0.5, 0.6) is 0 Å². The molecule has 0 aliphatic rings. The molecule has 0 unspecified atom stereocenters. The van der Waals surface area contributed by atoms with Crippen molar-refractivity contribution in [3.05, 3.63) is 89.3 Å². The quantitative estimate of drug-likeness (QED) is 0.348. The van der Waals surface area contributed by atoms with Gasteiger partial charge in [-0.1, -0.05) is 36.4 Å². The zero-order chi connectivity index (χ0) is 20.6. The van der Waals surface area contributed by atoms with E-state index in [9.17, 15) is 9.59 Å². The molecule has 29 heavy (non-hydrogen) atoms. The third-order valence-corrected chi connectivity index (χ3v) is 4.30. The van der Waals surface area contributed by atoms with Gasteiger partial charge in [-0.05, 0) is 44.2 Å². The summed E-state index contributed by atoms with van der Waals surface area (Å²) in [7, 11) is 0. The lowest BCUT2D eigenvalue weighted by Crippen LogP contribution is -2.12. The van der Waals surface area contributed by atoms with Gasteiger partial charge in [0.2, 0.25) is 0 Å². The number of aromatic nitrogens is 2. The van der Waals surface area contributed by atoms with Crippen LogP contribution in [0.1, 0.15) is 27.3 Å². The number of rotatable bonds is 7. The summed E-state index contributed by atoms with van der Waals surface area (Å²) in [4.78, 5) is 23.8. The van der Waals surface area contributed by atoms with E-state index >= 15 is 0 Å². The molecule has 0 atom stereocenters. The van der Waals surface area contributed by atoms with E-state index in [4.69, 9.17) is 9.47 Å². The first-order chi connectivity index (χ1) is 14.1. The second-order valence-electron chi connectivity index (χ2n) is 6.33. The summed E-state index contributed by atoms with van der Waals surface area (Å²) in [6.07, 6.45) is 3.04. The van der Waals surface area contributed by atoms with Crippen LogP contribution in [-0.4, -0.2) is 34.9 Å². The zero-order valence-electron chi connectivity index (χ0n) is 16.4. The van der Waals surface area contributed by atoms with Crippen LogP contribution in [0.15, 0.2) is 66.7 Å². The predicted molar refractivity (Wildman–Crippen MR) is 110 cm³/mol. The van der Waals surface area contributed by atoms with E-state index in [1.54, 1.807) is 30.3 Å². The number of nitrogens with zero attached hydrogens (tertiary/aromatic N) is 2. The van der Waals surface area contributed by atoms with Crippen LogP contribution < -0.4 is 0 Å². The average Bonchev–Trinajstić information content (AvgIpc) is 3.04. The molecule has 148 valence electrons. The second-order valence-corrected chi connectivity index (χ2v) is 6.33. The lowest BCUT2D eigenvalue weighted by Gasteiger charge is -2.05. The first kappa shape index (κ1) is 20.1. The van der Waals surface area contributed by atoms with Crippen molar-refractivity contribution in [2.24, 2.45) is 0 Å². The van der Waals surface area contributed by atoms with Gasteiger partial charge in [0, 0.05) is 17.3 Å². The standard InChI is InChI=1S/C23H22N2O4/c1-17-21(18(2)25(24-17)20-11-7-4-8-12-20)13-14-22(26)28-15-16-29-23(27)19-9-5-3-6-10-19/h3-14H,15-16H2,1-2H3/b14-13+. The van der Waals surface area contributed by atoms with Crippen molar-refractivity contribution in [2.75, 3.05) is 13.2 Å². The van der Waals surface area contributed by atoms with Crippen molar-refractivity contribution in [1.29, 1.82) is 0 Å². The molecule has 0 N–H and O–H groups in total. The van der Waals surface area contributed by atoms with Gasteiger partial charge in [0.05, 0.1) is 16.9 Å². The third kappa shape index (κ3) is 5.19. The highest BCUT2D eigenvalue weighted by Crippen LogP contribution is 2.19. The number of para-hydroxylation sites is 1. The number of hydrogen-bond acceptors (Lipinski definition) is 5. The molecule has 0 saturated heterocycles. The van der Waals surface area contributed by atoms with E-state index < -0.39 is 11.9 Å². The number of carbonyl (C=O) groups excluding carboxylic acids is 2. The van der Waals surface area contributed by atoms with Crippen molar-refractivity contribution in [2.45, 2.75) is 13.8 Å². The van der Waals surface area contributed by atoms with Crippen molar-refractivity contribution >= 4 is 18.0 Å². The highest BCUT2D eigenvalue weighted by atomic mass is 16.6. The molecule has 0 aliphatic carbocycles. The van der Waals surface area contributed by atoms with E-state index in [1.807, 2.05) is 54.9 Å². The number of aryl methyl sites for hydroxylation is 1. The molecule has 6 heteroatoms. The lowest BCUT2D eigenvalue weighted by atomic mass is 10.2. The van der Waals surface area contributed by atoms with Crippen LogP contribution in [0.4, 0.5) is 0 Å². The zero-order valence-corrected chi connectivity index (χ0v) is 16.4. The number of benzene rings is 2. The average molecular weight is 390 g/mol. The number of esters is 2. The highest BCUT2D eigenvalue weighted by Gasteiger charge is 2.11. The summed E-state index contributed by atoms with van der Waals surface area (Å²) in [6, 6.07) is 18.4. The van der Waals surface area contributed by atoms with Crippen LogP contribution in [0.25, 0.3) is 11.8 Å². The van der Waals surface area contributed by atoms with Crippen LogP contribution in [0, 0.1) is 13.8 Å². The summed E-state index contributed by atoms with van der Waals surface area (Å²) >= 11 is 0. The van der Waals surface area contributed by atoms with Crippen LogP contribution in [-0.2, 0) is 14.3 Å². The van der Waals surface area contributed by atoms with E-state index in [-0.39, 0.29) is 13.2 Å². The van der Waals surface area contributed by atoms with Gasteiger partial charge in [0.25, 0.3) is 0 Å². The molecule has 0 aliphatic heterocycles. The Morgan fingerprint density at radius 1 is 0.931 bits per heavy atom. The Hall–Kier alpha value is -3.67. The van der Waals surface area contributed by atoms with Crippen molar-refractivity contribution in [3.63, 3.8) is 0 Å². The molecule has 3 aromatic rings. The molecule has 6 nitrogen and oxygen atoms in total. The molecule has 0 bridgehead atoms. The van der Waals surface area contributed by atoms with Gasteiger partial charge in [0.1, 0.15) is 13.2 Å². The largest absolute Gasteiger partial charge is 0.459 e. The molecule has 0 radical (unpaired) electrons. The third-order valence-electron chi connectivity index (χ3n) is 4.30. The van der Waals surface area contributed by atoms with E-state index in [0.717, 1.165) is 22.6 Å². The maximum Gasteiger partial charge on any atom is 0.338 e. The normalized spacial score (nSPS) is 10.8. The fraction of sp³-hybridized carbons (Fsp3) is 0.174. The van der Waals surface area contributed by atoms with Crippen molar-refractivity contribution < 1.29 is 19.1 Å². The first-order valence-electron chi connectivity index (χ1n) is 9.25. The SMILES string of the molecule is Cc1nn(-c2ccccc2)c(C)c1/C=C/C(=O)OCCOC(=O)c1ccccc1. The van der Waals surface area contributed by atoms with E-state index in [2.05, 4.69) is 5.10 Å². The predicted octanol–water partition coefficient (Wildman–Crippen LogP) is 3.90. The summed E-state index contributed by atoms with van der Waals surface area (Å²) in [5.74, 6) is -0.955. The summed E-state index contributed by atoms with van der Waals surface area (Å²) < 4.78 is 12.0. The minimum absolute atomic E-state index is 0.00268. The Labute approximate surface area is 169 Å². The molecule has 3 rings (SSSR count). The number of ether oxygens (including phenoxy) is 2. The van der Waals surface area contributed by atoms with Crippen LogP contribution in [0.3, 0.4) is 0 Å². The molecule has 1 aromatic heterocycles. The second kappa shape index (κ2) is 9.50. The minimum Gasteiger partial charge on any atom is -0.459 e. The molecule has 0 fully saturated rings. The Kier molecular flexibility index (Phi) is 6.58. The summed E-state index contributed by atoms with van der Waals surface area (Å²) in [6.45, 7) is 3.82. The Morgan fingerprint density at radius 3 is 2.24 bits per heavy atom. The van der Waals surface area contributed by atoms with Crippen LogP contribution >= 0.6 is 0 Å². The maximum absolute atomic E-state index is 12.0. The van der Waals surface area contributed by atoms with E-state index in [0.29, 0.717) is 5.56 Å². The van der Waals surface area contributed by atoms with Gasteiger partial charge >= 0.3 is 11.9 Å². The molecule has 0 amide bonds. The smallest absolute Gasteiger partial charge is 0.338 e. The van der Waals surface area contributed by atoms with Crippen LogP contribution in [0.2, 0.25) is 0 Å². The molecule has 0 saturated carbocycles. The fourth-order valence-electron chi connectivity index (χ4n) is 2.85.